The average Bonchev–Trinajstić information content (AvgIpc) is 2.53. The van der Waals surface area contributed by atoms with Crippen LogP contribution in [0.15, 0.2) is 24.3 Å². The van der Waals surface area contributed by atoms with Crippen molar-refractivity contribution in [3.63, 3.8) is 0 Å². The van der Waals surface area contributed by atoms with E-state index < -0.39 is 0 Å². The van der Waals surface area contributed by atoms with Crippen LogP contribution in [0.5, 0.6) is 5.75 Å². The molecular formula is C21H37NaO. The Morgan fingerprint density at radius 2 is 1.09 bits per heavy atom. The number of aromatic hydroxyl groups is 1. The van der Waals surface area contributed by atoms with Crippen LogP contribution in [0.4, 0.5) is 0 Å². The van der Waals surface area contributed by atoms with E-state index in [4.69, 9.17) is 0 Å². The van der Waals surface area contributed by atoms with Crippen LogP contribution in [-0.4, -0.2) is 34.7 Å². The molecule has 0 heterocycles. The number of unbranched alkanes of at least 4 members (excludes halogenated alkanes) is 12. The van der Waals surface area contributed by atoms with Gasteiger partial charge in [0.15, 0.2) is 0 Å². The van der Waals surface area contributed by atoms with Crippen LogP contribution in [0.1, 0.15) is 96.0 Å². The van der Waals surface area contributed by atoms with E-state index in [-0.39, 0.29) is 29.6 Å². The Bertz CT molecular complexity index is 365. The van der Waals surface area contributed by atoms with Gasteiger partial charge in [-0.15, -0.1) is 0 Å². The number of benzene rings is 1. The Labute approximate surface area is 166 Å². The first kappa shape index (κ1) is 23.0. The topological polar surface area (TPSA) is 20.2 Å². The predicted octanol–water partition coefficient (Wildman–Crippen LogP) is 6.38. The molecule has 1 N–H and O–H groups in total. The molecule has 0 aromatic heterocycles. The van der Waals surface area contributed by atoms with E-state index >= 15 is 0 Å². The number of aryl methyl sites for hydroxylation is 1. The van der Waals surface area contributed by atoms with E-state index in [2.05, 4.69) is 6.92 Å². The molecule has 0 radical (unpaired) electrons. The van der Waals surface area contributed by atoms with Gasteiger partial charge in [0.1, 0.15) is 5.75 Å². The number of phenols is 1. The Hall–Kier alpha value is 0.0200. The summed E-state index contributed by atoms with van der Waals surface area (Å²) in [7, 11) is 0. The monoisotopic (exact) mass is 328 g/mol. The quantitative estimate of drug-likeness (QED) is 0.310. The normalized spacial score (nSPS) is 10.5. The van der Waals surface area contributed by atoms with Crippen LogP contribution in [0, 0.1) is 0 Å². The molecule has 1 aromatic rings. The van der Waals surface area contributed by atoms with Crippen molar-refractivity contribution in [3.8, 4) is 5.75 Å². The predicted molar refractivity (Wildman–Crippen MR) is 105 cm³/mol. The van der Waals surface area contributed by atoms with Crippen molar-refractivity contribution in [2.75, 3.05) is 0 Å². The summed E-state index contributed by atoms with van der Waals surface area (Å²) in [5, 5.41) is 9.70. The molecule has 0 saturated carbocycles. The molecule has 1 rings (SSSR count). The summed E-state index contributed by atoms with van der Waals surface area (Å²) in [5.41, 5.74) is 1.10. The molecule has 128 valence electrons. The second kappa shape index (κ2) is 16.9. The minimum absolute atomic E-state index is 0. The molecule has 0 saturated heterocycles. The fraction of sp³-hybridized carbons (Fsp3) is 0.714. The molecule has 0 aliphatic carbocycles. The standard InChI is InChI=1S/C21H36O.Na.H/c1-2-3-4-5-6-7-8-9-10-11-12-13-14-17-20-18-15-16-19-21(20)22;;/h15-16,18-19,22H,2-14,17H2,1H3;;. The molecule has 0 spiro atoms. The first-order valence-electron chi connectivity index (χ1n) is 9.61. The second-order valence-electron chi connectivity index (χ2n) is 6.62. The third-order valence-corrected chi connectivity index (χ3v) is 4.54. The van der Waals surface area contributed by atoms with Gasteiger partial charge >= 0.3 is 29.6 Å². The van der Waals surface area contributed by atoms with Crippen LogP contribution >= 0.6 is 0 Å². The van der Waals surface area contributed by atoms with Crippen LogP contribution in [-0.2, 0) is 6.42 Å². The first-order chi connectivity index (χ1) is 10.8. The van der Waals surface area contributed by atoms with Crippen LogP contribution in [0.25, 0.3) is 0 Å². The van der Waals surface area contributed by atoms with Crippen molar-refractivity contribution in [2.24, 2.45) is 0 Å². The summed E-state index contributed by atoms with van der Waals surface area (Å²) in [6.07, 6.45) is 19.1. The Kier molecular flexibility index (Phi) is 16.9. The van der Waals surface area contributed by atoms with Gasteiger partial charge < -0.3 is 5.11 Å². The van der Waals surface area contributed by atoms with E-state index in [0.29, 0.717) is 5.75 Å². The molecule has 0 aliphatic heterocycles. The minimum atomic E-state index is 0. The Morgan fingerprint density at radius 3 is 1.57 bits per heavy atom. The molecule has 23 heavy (non-hydrogen) atoms. The van der Waals surface area contributed by atoms with Gasteiger partial charge in [0, 0.05) is 0 Å². The summed E-state index contributed by atoms with van der Waals surface area (Å²) in [6.45, 7) is 2.28. The zero-order chi connectivity index (χ0) is 15.9. The van der Waals surface area contributed by atoms with Crippen molar-refractivity contribution in [1.29, 1.82) is 0 Å². The van der Waals surface area contributed by atoms with Crippen molar-refractivity contribution >= 4 is 29.6 Å². The molecule has 0 unspecified atom stereocenters. The fourth-order valence-corrected chi connectivity index (χ4v) is 3.06. The van der Waals surface area contributed by atoms with Crippen LogP contribution < -0.4 is 0 Å². The van der Waals surface area contributed by atoms with E-state index in [0.717, 1.165) is 12.0 Å². The van der Waals surface area contributed by atoms with E-state index in [1.54, 1.807) is 6.07 Å². The van der Waals surface area contributed by atoms with E-state index in [1.165, 1.54) is 83.5 Å². The van der Waals surface area contributed by atoms with Gasteiger partial charge in [0.2, 0.25) is 0 Å². The fourth-order valence-electron chi connectivity index (χ4n) is 3.06. The molecule has 1 nitrogen and oxygen atoms in total. The number of hydrogen-bond donors (Lipinski definition) is 1. The summed E-state index contributed by atoms with van der Waals surface area (Å²) in [4.78, 5) is 0. The van der Waals surface area contributed by atoms with Gasteiger partial charge in [0.05, 0.1) is 0 Å². The molecule has 0 aliphatic rings. The number of rotatable bonds is 14. The SMILES string of the molecule is CCCCCCCCCCCCCCCc1ccccc1O.[NaH]. The van der Waals surface area contributed by atoms with Crippen molar-refractivity contribution in [2.45, 2.75) is 96.8 Å². The van der Waals surface area contributed by atoms with Crippen molar-refractivity contribution in [1.82, 2.24) is 0 Å². The Morgan fingerprint density at radius 1 is 0.652 bits per heavy atom. The first-order valence-corrected chi connectivity index (χ1v) is 9.61. The summed E-state index contributed by atoms with van der Waals surface area (Å²) in [5.74, 6) is 0.460. The van der Waals surface area contributed by atoms with Gasteiger partial charge in [0.25, 0.3) is 0 Å². The molecule has 0 amide bonds. The average molecular weight is 329 g/mol. The Balaban J connectivity index is 0.00000484. The summed E-state index contributed by atoms with van der Waals surface area (Å²) >= 11 is 0. The van der Waals surface area contributed by atoms with Crippen molar-refractivity contribution < 1.29 is 5.11 Å². The third-order valence-electron chi connectivity index (χ3n) is 4.54. The summed E-state index contributed by atoms with van der Waals surface area (Å²) in [6, 6.07) is 7.73. The maximum atomic E-state index is 9.70. The second-order valence-corrected chi connectivity index (χ2v) is 6.62. The molecule has 0 bridgehead atoms. The zero-order valence-corrected chi connectivity index (χ0v) is 14.7. The number of para-hydroxylation sites is 1. The van der Waals surface area contributed by atoms with Gasteiger partial charge in [-0.25, -0.2) is 0 Å². The van der Waals surface area contributed by atoms with Gasteiger partial charge in [-0.2, -0.15) is 0 Å². The molecule has 1 aromatic carbocycles. The molecule has 0 fully saturated rings. The van der Waals surface area contributed by atoms with Crippen LogP contribution in [0.3, 0.4) is 0 Å². The van der Waals surface area contributed by atoms with Gasteiger partial charge in [-0.05, 0) is 24.5 Å². The molecule has 2 heteroatoms. The maximum absolute atomic E-state index is 9.70. The van der Waals surface area contributed by atoms with E-state index in [1.807, 2.05) is 18.2 Å². The third kappa shape index (κ3) is 13.0. The number of phenolic OH excluding ortho intramolecular Hbond substituents is 1. The summed E-state index contributed by atoms with van der Waals surface area (Å²) < 4.78 is 0. The molecule has 0 atom stereocenters. The van der Waals surface area contributed by atoms with Gasteiger partial charge in [-0.3, -0.25) is 0 Å². The number of hydrogen-bond acceptors (Lipinski definition) is 1. The van der Waals surface area contributed by atoms with Crippen LogP contribution in [0.2, 0.25) is 0 Å². The van der Waals surface area contributed by atoms with Gasteiger partial charge in [-0.1, -0.05) is 102 Å². The van der Waals surface area contributed by atoms with Crippen molar-refractivity contribution in [3.05, 3.63) is 29.8 Å². The molecular weight excluding hydrogens is 291 g/mol. The van der Waals surface area contributed by atoms with E-state index in [9.17, 15) is 5.11 Å². The zero-order valence-electron chi connectivity index (χ0n) is 14.7.